The number of amides is 1. The van der Waals surface area contributed by atoms with E-state index in [0.29, 0.717) is 37.0 Å². The van der Waals surface area contributed by atoms with E-state index in [9.17, 15) is 9.90 Å². The lowest BCUT2D eigenvalue weighted by molar-refractivity contribution is 0.0944. The Hall–Kier alpha value is -1.59. The molecule has 1 saturated carbocycles. The Morgan fingerprint density at radius 3 is 2.95 bits per heavy atom. The van der Waals surface area contributed by atoms with Crippen molar-refractivity contribution >= 4 is 5.91 Å². The molecular weight excluding hydrogens is 270 g/mol. The van der Waals surface area contributed by atoms with Crippen molar-refractivity contribution in [3.05, 3.63) is 29.8 Å². The molecule has 5 heteroatoms. The molecule has 1 aliphatic carbocycles. The number of rotatable bonds is 7. The summed E-state index contributed by atoms with van der Waals surface area (Å²) < 4.78 is 10.4. The quantitative estimate of drug-likeness (QED) is 0.749. The number of benzene rings is 1. The van der Waals surface area contributed by atoms with Gasteiger partial charge in [-0.25, -0.2) is 0 Å². The van der Waals surface area contributed by atoms with Gasteiger partial charge in [0.1, 0.15) is 12.4 Å². The number of carbonyl (C=O) groups excluding carboxylic acids is 1. The predicted octanol–water partition coefficient (Wildman–Crippen LogP) is 1.60. The van der Waals surface area contributed by atoms with E-state index in [4.69, 9.17) is 9.47 Å². The van der Waals surface area contributed by atoms with Gasteiger partial charge in [-0.15, -0.1) is 0 Å². The van der Waals surface area contributed by atoms with E-state index in [2.05, 4.69) is 5.32 Å². The SMILES string of the molecule is COCCOc1cccc(C(=O)NC[C@H]2CC[C@H](O)C2)c1. The summed E-state index contributed by atoms with van der Waals surface area (Å²) in [6.45, 7) is 1.59. The molecule has 2 rings (SSSR count). The summed E-state index contributed by atoms with van der Waals surface area (Å²) in [6, 6.07) is 7.12. The molecule has 21 heavy (non-hydrogen) atoms. The molecule has 1 aromatic rings. The minimum atomic E-state index is -0.204. The summed E-state index contributed by atoms with van der Waals surface area (Å²) in [6.07, 6.45) is 2.38. The average molecular weight is 293 g/mol. The molecule has 1 aromatic carbocycles. The van der Waals surface area contributed by atoms with E-state index in [1.165, 1.54) is 0 Å². The van der Waals surface area contributed by atoms with Gasteiger partial charge >= 0.3 is 0 Å². The Morgan fingerprint density at radius 2 is 2.24 bits per heavy atom. The van der Waals surface area contributed by atoms with Crippen LogP contribution in [0.4, 0.5) is 0 Å². The van der Waals surface area contributed by atoms with Gasteiger partial charge in [0.15, 0.2) is 0 Å². The van der Waals surface area contributed by atoms with Gasteiger partial charge in [-0.1, -0.05) is 6.07 Å². The van der Waals surface area contributed by atoms with Crippen LogP contribution in [0.2, 0.25) is 0 Å². The number of carbonyl (C=O) groups is 1. The second-order valence-electron chi connectivity index (χ2n) is 5.41. The molecule has 1 aliphatic rings. The lowest BCUT2D eigenvalue weighted by Crippen LogP contribution is -2.28. The van der Waals surface area contributed by atoms with Gasteiger partial charge in [0.25, 0.3) is 5.91 Å². The van der Waals surface area contributed by atoms with Crippen molar-refractivity contribution in [3.8, 4) is 5.75 Å². The monoisotopic (exact) mass is 293 g/mol. The van der Waals surface area contributed by atoms with Crippen molar-refractivity contribution in [2.45, 2.75) is 25.4 Å². The minimum absolute atomic E-state index is 0.103. The molecule has 0 aromatic heterocycles. The normalized spacial score (nSPS) is 21.2. The molecule has 0 heterocycles. The van der Waals surface area contributed by atoms with E-state index in [-0.39, 0.29) is 12.0 Å². The number of ether oxygens (including phenoxy) is 2. The Kier molecular flexibility index (Phi) is 6.02. The third kappa shape index (κ3) is 5.02. The Bertz CT molecular complexity index is 463. The fraction of sp³-hybridized carbons (Fsp3) is 0.562. The Labute approximate surface area is 125 Å². The molecular formula is C16H23NO4. The first-order valence-corrected chi connectivity index (χ1v) is 7.37. The molecule has 0 unspecified atom stereocenters. The number of hydrogen-bond acceptors (Lipinski definition) is 4. The first-order valence-electron chi connectivity index (χ1n) is 7.37. The second kappa shape index (κ2) is 8.00. The van der Waals surface area contributed by atoms with Crippen LogP contribution < -0.4 is 10.1 Å². The Balaban J connectivity index is 1.82. The third-order valence-electron chi connectivity index (χ3n) is 3.72. The van der Waals surface area contributed by atoms with Crippen LogP contribution >= 0.6 is 0 Å². The van der Waals surface area contributed by atoms with Crippen LogP contribution in [0.5, 0.6) is 5.75 Å². The van der Waals surface area contributed by atoms with Gasteiger partial charge < -0.3 is 19.9 Å². The van der Waals surface area contributed by atoms with Gasteiger partial charge in [0.2, 0.25) is 0 Å². The maximum Gasteiger partial charge on any atom is 0.251 e. The number of hydrogen-bond donors (Lipinski definition) is 2. The summed E-state index contributed by atoms with van der Waals surface area (Å²) in [4.78, 5) is 12.1. The molecule has 1 fully saturated rings. The number of nitrogens with one attached hydrogen (secondary N) is 1. The highest BCUT2D eigenvalue weighted by Gasteiger charge is 2.23. The van der Waals surface area contributed by atoms with E-state index in [0.717, 1.165) is 19.3 Å². The lowest BCUT2D eigenvalue weighted by Gasteiger charge is -2.12. The zero-order chi connectivity index (χ0) is 15.1. The summed E-state index contributed by atoms with van der Waals surface area (Å²) in [7, 11) is 1.62. The standard InChI is InChI=1S/C16H23NO4/c1-20-7-8-21-15-4-2-3-13(10-15)16(19)17-11-12-5-6-14(18)9-12/h2-4,10,12,14,18H,5-9,11H2,1H3,(H,17,19)/t12-,14-/m0/s1. The molecule has 0 bridgehead atoms. The van der Waals surface area contributed by atoms with Crippen LogP contribution in [0.15, 0.2) is 24.3 Å². The van der Waals surface area contributed by atoms with Crippen molar-refractivity contribution < 1.29 is 19.4 Å². The highest BCUT2D eigenvalue weighted by Crippen LogP contribution is 2.24. The molecule has 1 amide bonds. The maximum atomic E-state index is 12.1. The first kappa shape index (κ1) is 15.8. The largest absolute Gasteiger partial charge is 0.491 e. The van der Waals surface area contributed by atoms with Crippen LogP contribution in [0.3, 0.4) is 0 Å². The molecule has 2 atom stereocenters. The average Bonchev–Trinajstić information content (AvgIpc) is 2.91. The maximum absolute atomic E-state index is 12.1. The van der Waals surface area contributed by atoms with E-state index < -0.39 is 0 Å². The molecule has 5 nitrogen and oxygen atoms in total. The van der Waals surface area contributed by atoms with Gasteiger partial charge in [-0.05, 0) is 43.4 Å². The first-order chi connectivity index (χ1) is 10.2. The van der Waals surface area contributed by atoms with Crippen molar-refractivity contribution in [2.75, 3.05) is 26.9 Å². The molecule has 0 aliphatic heterocycles. The van der Waals surface area contributed by atoms with E-state index >= 15 is 0 Å². The highest BCUT2D eigenvalue weighted by molar-refractivity contribution is 5.94. The summed E-state index contributed by atoms with van der Waals surface area (Å²) in [5.41, 5.74) is 0.587. The summed E-state index contributed by atoms with van der Waals surface area (Å²) >= 11 is 0. The number of aliphatic hydroxyl groups excluding tert-OH is 1. The third-order valence-corrected chi connectivity index (χ3v) is 3.72. The van der Waals surface area contributed by atoms with Crippen LogP contribution in [-0.4, -0.2) is 44.0 Å². The van der Waals surface area contributed by atoms with Crippen LogP contribution in [0, 0.1) is 5.92 Å². The van der Waals surface area contributed by atoms with Crippen LogP contribution in [0.25, 0.3) is 0 Å². The van der Waals surface area contributed by atoms with Crippen molar-refractivity contribution in [2.24, 2.45) is 5.92 Å². The molecule has 0 saturated heterocycles. The topological polar surface area (TPSA) is 67.8 Å². The number of methoxy groups -OCH3 is 1. The zero-order valence-electron chi connectivity index (χ0n) is 12.4. The Morgan fingerprint density at radius 1 is 1.38 bits per heavy atom. The van der Waals surface area contributed by atoms with Crippen molar-refractivity contribution in [3.63, 3.8) is 0 Å². The minimum Gasteiger partial charge on any atom is -0.491 e. The van der Waals surface area contributed by atoms with Gasteiger partial charge in [-0.3, -0.25) is 4.79 Å². The van der Waals surface area contributed by atoms with E-state index in [1.807, 2.05) is 6.07 Å². The van der Waals surface area contributed by atoms with Crippen molar-refractivity contribution in [1.82, 2.24) is 5.32 Å². The predicted molar refractivity (Wildman–Crippen MR) is 79.5 cm³/mol. The van der Waals surface area contributed by atoms with E-state index in [1.54, 1.807) is 25.3 Å². The lowest BCUT2D eigenvalue weighted by atomic mass is 10.1. The summed E-state index contributed by atoms with van der Waals surface area (Å²) in [5.74, 6) is 0.939. The molecule has 0 spiro atoms. The van der Waals surface area contributed by atoms with Gasteiger partial charge in [-0.2, -0.15) is 0 Å². The smallest absolute Gasteiger partial charge is 0.251 e. The molecule has 116 valence electrons. The van der Waals surface area contributed by atoms with Crippen LogP contribution in [-0.2, 0) is 4.74 Å². The van der Waals surface area contributed by atoms with Crippen LogP contribution in [0.1, 0.15) is 29.6 Å². The zero-order valence-corrected chi connectivity index (χ0v) is 12.4. The van der Waals surface area contributed by atoms with Gasteiger partial charge in [0.05, 0.1) is 12.7 Å². The van der Waals surface area contributed by atoms with Crippen molar-refractivity contribution in [1.29, 1.82) is 0 Å². The second-order valence-corrected chi connectivity index (χ2v) is 5.41. The number of aliphatic hydroxyl groups is 1. The molecule has 2 N–H and O–H groups in total. The highest BCUT2D eigenvalue weighted by atomic mass is 16.5. The summed E-state index contributed by atoms with van der Waals surface area (Å²) in [5, 5.41) is 12.4. The fourth-order valence-corrected chi connectivity index (χ4v) is 2.54. The fourth-order valence-electron chi connectivity index (χ4n) is 2.54. The molecule has 0 radical (unpaired) electrons. The van der Waals surface area contributed by atoms with Gasteiger partial charge in [0, 0.05) is 19.2 Å².